The van der Waals surface area contributed by atoms with Crippen LogP contribution in [0.4, 0.5) is 5.69 Å². The summed E-state index contributed by atoms with van der Waals surface area (Å²) in [5, 5.41) is 17.0. The Morgan fingerprint density at radius 2 is 1.88 bits per heavy atom. The van der Waals surface area contributed by atoms with Crippen molar-refractivity contribution in [1.82, 2.24) is 5.43 Å². The van der Waals surface area contributed by atoms with Gasteiger partial charge in [0.25, 0.3) is 11.8 Å². The summed E-state index contributed by atoms with van der Waals surface area (Å²) < 4.78 is 6.70. The third kappa shape index (κ3) is 4.31. The van der Waals surface area contributed by atoms with Crippen molar-refractivity contribution >= 4 is 39.1 Å². The Bertz CT molecular complexity index is 1250. The minimum Gasteiger partial charge on any atom is -0.507 e. The second kappa shape index (κ2) is 9.00. The molecule has 8 heteroatoms. The standard InChI is InChI=1S/C24H22BrN3O4/c1-13-10-11-17(16(25)12-13)26-24(31)22-14(2)21-18(7-5-9-20(21)32-22)27-28-23(30)15-6-3-4-8-19(15)29/h3-4,6,8,10-12,29H,5,7,9H2,1-2H3,(H,26,31)(H,28,30)/b27-18+. The number of nitrogens with one attached hydrogen (secondary N) is 2. The lowest BCUT2D eigenvalue weighted by Crippen LogP contribution is -2.22. The summed E-state index contributed by atoms with van der Waals surface area (Å²) in [6.07, 6.45) is 2.11. The van der Waals surface area contributed by atoms with Gasteiger partial charge in [0, 0.05) is 22.0 Å². The molecular formula is C24H22BrN3O4. The largest absolute Gasteiger partial charge is 0.507 e. The molecule has 0 bridgehead atoms. The molecule has 4 rings (SSSR count). The van der Waals surface area contributed by atoms with Gasteiger partial charge in [0.05, 0.1) is 17.0 Å². The van der Waals surface area contributed by atoms with Gasteiger partial charge in [0.15, 0.2) is 5.76 Å². The number of para-hydroxylation sites is 1. The highest BCUT2D eigenvalue weighted by atomic mass is 79.9. The van der Waals surface area contributed by atoms with Crippen molar-refractivity contribution in [3.05, 3.63) is 80.7 Å². The maximum absolute atomic E-state index is 12.9. The quantitative estimate of drug-likeness (QED) is 0.438. The molecule has 1 aliphatic rings. The van der Waals surface area contributed by atoms with Crippen molar-refractivity contribution in [2.75, 3.05) is 5.32 Å². The van der Waals surface area contributed by atoms with Crippen molar-refractivity contribution in [2.45, 2.75) is 33.1 Å². The molecule has 1 aliphatic carbocycles. The van der Waals surface area contributed by atoms with Gasteiger partial charge in [0.2, 0.25) is 0 Å². The third-order valence-corrected chi connectivity index (χ3v) is 6.00. The first-order chi connectivity index (χ1) is 15.3. The van der Waals surface area contributed by atoms with E-state index in [0.717, 1.165) is 22.0 Å². The number of hydrazone groups is 1. The molecule has 3 N–H and O–H groups in total. The number of hydrogen-bond donors (Lipinski definition) is 3. The van der Waals surface area contributed by atoms with Crippen molar-refractivity contribution in [3.8, 4) is 5.75 Å². The van der Waals surface area contributed by atoms with Crippen LogP contribution >= 0.6 is 15.9 Å². The number of hydrogen-bond acceptors (Lipinski definition) is 5. The van der Waals surface area contributed by atoms with Gasteiger partial charge in [-0.15, -0.1) is 0 Å². The fourth-order valence-electron chi connectivity index (χ4n) is 3.74. The molecule has 1 aromatic heterocycles. The summed E-state index contributed by atoms with van der Waals surface area (Å²) in [7, 11) is 0. The molecule has 3 aromatic rings. The molecule has 1 heterocycles. The van der Waals surface area contributed by atoms with E-state index in [9.17, 15) is 14.7 Å². The van der Waals surface area contributed by atoms with Crippen LogP contribution in [0, 0.1) is 13.8 Å². The van der Waals surface area contributed by atoms with Crippen molar-refractivity contribution in [1.29, 1.82) is 0 Å². The van der Waals surface area contributed by atoms with Gasteiger partial charge in [-0.1, -0.05) is 18.2 Å². The Morgan fingerprint density at radius 3 is 2.62 bits per heavy atom. The van der Waals surface area contributed by atoms with E-state index < -0.39 is 5.91 Å². The Morgan fingerprint density at radius 1 is 1.09 bits per heavy atom. The number of carbonyl (C=O) groups excluding carboxylic acids is 2. The van der Waals surface area contributed by atoms with E-state index in [4.69, 9.17) is 4.42 Å². The molecule has 0 aliphatic heterocycles. The predicted octanol–water partition coefficient (Wildman–Crippen LogP) is 5.09. The fraction of sp³-hybridized carbons (Fsp3) is 0.208. The molecule has 2 aromatic carbocycles. The number of fused-ring (bicyclic) bond motifs is 1. The average molecular weight is 496 g/mol. The first kappa shape index (κ1) is 21.8. The summed E-state index contributed by atoms with van der Waals surface area (Å²) >= 11 is 3.47. The second-order valence-electron chi connectivity index (χ2n) is 7.66. The summed E-state index contributed by atoms with van der Waals surface area (Å²) in [5.74, 6) is -0.0677. The summed E-state index contributed by atoms with van der Waals surface area (Å²) in [6.45, 7) is 3.78. The van der Waals surface area contributed by atoms with Gasteiger partial charge in [-0.25, -0.2) is 5.43 Å². The van der Waals surface area contributed by atoms with Crippen LogP contribution < -0.4 is 10.7 Å². The Labute approximate surface area is 193 Å². The van der Waals surface area contributed by atoms with Crippen LogP contribution in [0.3, 0.4) is 0 Å². The summed E-state index contributed by atoms with van der Waals surface area (Å²) in [5.41, 5.74) is 6.45. The monoisotopic (exact) mass is 495 g/mol. The molecule has 0 atom stereocenters. The molecule has 0 saturated carbocycles. The number of phenolic OH excluding ortho intramolecular Hbond substituents is 1. The predicted molar refractivity (Wildman–Crippen MR) is 125 cm³/mol. The van der Waals surface area contributed by atoms with E-state index in [1.54, 1.807) is 12.1 Å². The molecule has 32 heavy (non-hydrogen) atoms. The first-order valence-electron chi connectivity index (χ1n) is 10.2. The maximum Gasteiger partial charge on any atom is 0.291 e. The molecule has 0 saturated heterocycles. The smallest absolute Gasteiger partial charge is 0.291 e. The number of halogens is 1. The molecule has 0 unspecified atom stereocenters. The van der Waals surface area contributed by atoms with Gasteiger partial charge < -0.3 is 14.8 Å². The van der Waals surface area contributed by atoms with Crippen LogP contribution in [0.15, 0.2) is 56.5 Å². The number of aromatic hydroxyl groups is 1. The normalized spacial score (nSPS) is 14.2. The van der Waals surface area contributed by atoms with Gasteiger partial charge in [0.1, 0.15) is 11.5 Å². The Hall–Kier alpha value is -3.39. The number of carbonyl (C=O) groups is 2. The van der Waals surface area contributed by atoms with E-state index >= 15 is 0 Å². The first-order valence-corrected chi connectivity index (χ1v) is 11.0. The second-order valence-corrected chi connectivity index (χ2v) is 8.52. The van der Waals surface area contributed by atoms with E-state index in [1.165, 1.54) is 12.1 Å². The fourth-order valence-corrected chi connectivity index (χ4v) is 4.33. The highest BCUT2D eigenvalue weighted by Crippen LogP contribution is 2.31. The molecule has 0 spiro atoms. The number of furan rings is 1. The number of phenols is 1. The van der Waals surface area contributed by atoms with Gasteiger partial charge in [-0.3, -0.25) is 9.59 Å². The zero-order valence-electron chi connectivity index (χ0n) is 17.7. The SMILES string of the molecule is Cc1ccc(NC(=O)c2oc3c(c2C)/C(=N/NC(=O)c2ccccc2O)CCC3)c(Br)c1. The number of benzene rings is 2. The summed E-state index contributed by atoms with van der Waals surface area (Å²) in [4.78, 5) is 25.3. The van der Waals surface area contributed by atoms with Crippen LogP contribution in [0.5, 0.6) is 5.75 Å². The van der Waals surface area contributed by atoms with E-state index in [1.807, 2.05) is 32.0 Å². The third-order valence-electron chi connectivity index (χ3n) is 5.35. The zero-order chi connectivity index (χ0) is 22.8. The zero-order valence-corrected chi connectivity index (χ0v) is 19.2. The minimum absolute atomic E-state index is 0.116. The Balaban J connectivity index is 1.58. The van der Waals surface area contributed by atoms with E-state index in [2.05, 4.69) is 31.8 Å². The number of aryl methyl sites for hydroxylation is 2. The molecule has 0 radical (unpaired) electrons. The van der Waals surface area contributed by atoms with Crippen LogP contribution in [-0.4, -0.2) is 22.6 Å². The van der Waals surface area contributed by atoms with Crippen LogP contribution in [0.25, 0.3) is 0 Å². The minimum atomic E-state index is -0.508. The highest BCUT2D eigenvalue weighted by Gasteiger charge is 2.28. The number of anilines is 1. The van der Waals surface area contributed by atoms with Crippen LogP contribution in [0.2, 0.25) is 0 Å². The maximum atomic E-state index is 12.9. The molecule has 164 valence electrons. The van der Waals surface area contributed by atoms with Crippen molar-refractivity contribution in [2.24, 2.45) is 5.10 Å². The van der Waals surface area contributed by atoms with Crippen molar-refractivity contribution < 1.29 is 19.1 Å². The average Bonchev–Trinajstić information content (AvgIpc) is 3.11. The summed E-state index contributed by atoms with van der Waals surface area (Å²) in [6, 6.07) is 11.9. The molecular weight excluding hydrogens is 474 g/mol. The highest BCUT2D eigenvalue weighted by molar-refractivity contribution is 9.10. The lowest BCUT2D eigenvalue weighted by molar-refractivity contribution is 0.0950. The topological polar surface area (TPSA) is 104 Å². The lowest BCUT2D eigenvalue weighted by Gasteiger charge is -2.13. The van der Waals surface area contributed by atoms with E-state index in [-0.39, 0.29) is 23.0 Å². The van der Waals surface area contributed by atoms with Gasteiger partial charge >= 0.3 is 0 Å². The van der Waals surface area contributed by atoms with Crippen LogP contribution in [-0.2, 0) is 6.42 Å². The van der Waals surface area contributed by atoms with Crippen LogP contribution in [0.1, 0.15) is 56.2 Å². The molecule has 2 amide bonds. The van der Waals surface area contributed by atoms with E-state index in [0.29, 0.717) is 35.6 Å². The number of rotatable bonds is 4. The molecule has 7 nitrogen and oxygen atoms in total. The molecule has 0 fully saturated rings. The van der Waals surface area contributed by atoms with Gasteiger partial charge in [-0.05, 0) is 72.4 Å². The number of amides is 2. The number of nitrogens with zero attached hydrogens (tertiary/aromatic N) is 1. The lowest BCUT2D eigenvalue weighted by atomic mass is 9.93. The van der Waals surface area contributed by atoms with Gasteiger partial charge in [-0.2, -0.15) is 5.10 Å². The van der Waals surface area contributed by atoms with Crippen molar-refractivity contribution in [3.63, 3.8) is 0 Å². The Kier molecular flexibility index (Phi) is 6.14.